The molecule has 0 aliphatic heterocycles. The predicted octanol–water partition coefficient (Wildman–Crippen LogP) is 3.06. The molecule has 1 heteroatoms. The summed E-state index contributed by atoms with van der Waals surface area (Å²) in [7, 11) is 0. The maximum Gasteiger partial charge on any atom is 0.0291 e. The summed E-state index contributed by atoms with van der Waals surface area (Å²) in [6.45, 7) is 7.63. The zero-order chi connectivity index (χ0) is 9.68. The molecule has 72 valence electrons. The van der Waals surface area contributed by atoms with Crippen molar-refractivity contribution in [2.75, 3.05) is 6.54 Å². The average molecular weight is 177 g/mol. The van der Waals surface area contributed by atoms with Crippen LogP contribution in [0, 0.1) is 6.92 Å². The fourth-order valence-electron chi connectivity index (χ4n) is 1.42. The second kappa shape index (κ2) is 5.03. The van der Waals surface area contributed by atoms with Crippen LogP contribution in [0.25, 0.3) is 0 Å². The van der Waals surface area contributed by atoms with E-state index in [1.54, 1.807) is 0 Å². The second-order valence-corrected chi connectivity index (χ2v) is 3.59. The van der Waals surface area contributed by atoms with Crippen LogP contribution in [0.15, 0.2) is 24.3 Å². The Morgan fingerprint density at radius 2 is 2.15 bits per heavy atom. The Morgan fingerprint density at radius 3 is 2.77 bits per heavy atom. The van der Waals surface area contributed by atoms with Crippen molar-refractivity contribution >= 4 is 0 Å². The van der Waals surface area contributed by atoms with E-state index < -0.39 is 0 Å². The van der Waals surface area contributed by atoms with Gasteiger partial charge in [-0.25, -0.2) is 0 Å². The second-order valence-electron chi connectivity index (χ2n) is 3.59. The Bertz CT molecular complexity index is 255. The van der Waals surface area contributed by atoms with Crippen LogP contribution in [0.5, 0.6) is 0 Å². The zero-order valence-electron chi connectivity index (χ0n) is 8.80. The Hall–Kier alpha value is -0.820. The Morgan fingerprint density at radius 1 is 1.38 bits per heavy atom. The first-order valence-electron chi connectivity index (χ1n) is 5.04. The maximum atomic E-state index is 3.48. The van der Waals surface area contributed by atoms with E-state index >= 15 is 0 Å². The molecule has 0 amide bonds. The van der Waals surface area contributed by atoms with Crippen molar-refractivity contribution < 1.29 is 0 Å². The lowest BCUT2D eigenvalue weighted by Crippen LogP contribution is -2.19. The van der Waals surface area contributed by atoms with Gasteiger partial charge in [-0.15, -0.1) is 0 Å². The van der Waals surface area contributed by atoms with E-state index in [0.717, 1.165) is 6.54 Å². The molecule has 1 aromatic carbocycles. The summed E-state index contributed by atoms with van der Waals surface area (Å²) in [6, 6.07) is 9.15. The van der Waals surface area contributed by atoms with Crippen molar-refractivity contribution in [1.29, 1.82) is 0 Å². The molecular formula is C12H19N. The van der Waals surface area contributed by atoms with Crippen LogP contribution in [0.4, 0.5) is 0 Å². The van der Waals surface area contributed by atoms with Crippen molar-refractivity contribution in [2.45, 2.75) is 33.2 Å². The average Bonchev–Trinajstić information content (AvgIpc) is 2.14. The van der Waals surface area contributed by atoms with Gasteiger partial charge in [-0.3, -0.25) is 0 Å². The molecular weight excluding hydrogens is 158 g/mol. The van der Waals surface area contributed by atoms with E-state index in [1.807, 2.05) is 0 Å². The highest BCUT2D eigenvalue weighted by Crippen LogP contribution is 2.13. The fraction of sp³-hybridized carbons (Fsp3) is 0.500. The van der Waals surface area contributed by atoms with Gasteiger partial charge in [-0.05, 0) is 32.4 Å². The Labute approximate surface area is 81.2 Å². The molecule has 1 atom stereocenters. The lowest BCUT2D eigenvalue weighted by molar-refractivity contribution is 0.570. The summed E-state index contributed by atoms with van der Waals surface area (Å²) in [6.07, 6.45) is 1.19. The van der Waals surface area contributed by atoms with Crippen molar-refractivity contribution in [3.63, 3.8) is 0 Å². The van der Waals surface area contributed by atoms with Gasteiger partial charge in [0.15, 0.2) is 0 Å². The van der Waals surface area contributed by atoms with Crippen LogP contribution in [0.3, 0.4) is 0 Å². The fourth-order valence-corrected chi connectivity index (χ4v) is 1.42. The van der Waals surface area contributed by atoms with Crippen LogP contribution in [0.1, 0.15) is 37.4 Å². The van der Waals surface area contributed by atoms with E-state index in [1.165, 1.54) is 17.5 Å². The number of hydrogen-bond donors (Lipinski definition) is 1. The van der Waals surface area contributed by atoms with Gasteiger partial charge < -0.3 is 5.32 Å². The normalized spacial score (nSPS) is 12.8. The molecule has 0 aliphatic rings. The van der Waals surface area contributed by atoms with Gasteiger partial charge in [-0.1, -0.05) is 36.8 Å². The first kappa shape index (κ1) is 10.3. The van der Waals surface area contributed by atoms with E-state index in [4.69, 9.17) is 0 Å². The molecule has 0 saturated heterocycles. The third kappa shape index (κ3) is 3.19. The SMILES string of the molecule is CCCNC(C)c1cccc(C)c1. The largest absolute Gasteiger partial charge is 0.310 e. The summed E-state index contributed by atoms with van der Waals surface area (Å²) in [5.41, 5.74) is 2.72. The molecule has 1 rings (SSSR count). The third-order valence-corrected chi connectivity index (χ3v) is 2.24. The summed E-state index contributed by atoms with van der Waals surface area (Å²) >= 11 is 0. The highest BCUT2D eigenvalue weighted by atomic mass is 14.9. The minimum absolute atomic E-state index is 0.472. The minimum atomic E-state index is 0.472. The van der Waals surface area contributed by atoms with Gasteiger partial charge >= 0.3 is 0 Å². The monoisotopic (exact) mass is 177 g/mol. The first-order chi connectivity index (χ1) is 6.24. The quantitative estimate of drug-likeness (QED) is 0.745. The van der Waals surface area contributed by atoms with Crippen LogP contribution < -0.4 is 5.32 Å². The molecule has 0 saturated carbocycles. The maximum absolute atomic E-state index is 3.48. The topological polar surface area (TPSA) is 12.0 Å². The van der Waals surface area contributed by atoms with Crippen LogP contribution in [0.2, 0.25) is 0 Å². The summed E-state index contributed by atoms with van der Waals surface area (Å²) in [5.74, 6) is 0. The summed E-state index contributed by atoms with van der Waals surface area (Å²) < 4.78 is 0. The molecule has 1 unspecified atom stereocenters. The third-order valence-electron chi connectivity index (χ3n) is 2.24. The standard InChI is InChI=1S/C12H19N/c1-4-8-13-11(3)12-7-5-6-10(2)9-12/h5-7,9,11,13H,4,8H2,1-3H3. The van der Waals surface area contributed by atoms with Crippen molar-refractivity contribution in [3.8, 4) is 0 Å². The van der Waals surface area contributed by atoms with Gasteiger partial charge in [0.1, 0.15) is 0 Å². The number of nitrogens with one attached hydrogen (secondary N) is 1. The van der Waals surface area contributed by atoms with Crippen molar-refractivity contribution in [1.82, 2.24) is 5.32 Å². The highest BCUT2D eigenvalue weighted by Gasteiger charge is 2.02. The number of rotatable bonds is 4. The number of benzene rings is 1. The van der Waals surface area contributed by atoms with E-state index in [2.05, 4.69) is 50.4 Å². The molecule has 0 fully saturated rings. The lowest BCUT2D eigenvalue weighted by Gasteiger charge is -2.13. The van der Waals surface area contributed by atoms with Crippen molar-refractivity contribution in [3.05, 3.63) is 35.4 Å². The molecule has 13 heavy (non-hydrogen) atoms. The molecule has 0 aliphatic carbocycles. The predicted molar refractivity (Wildman–Crippen MR) is 57.9 cm³/mol. The van der Waals surface area contributed by atoms with Crippen LogP contribution >= 0.6 is 0 Å². The van der Waals surface area contributed by atoms with E-state index in [0.29, 0.717) is 6.04 Å². The molecule has 1 aromatic rings. The van der Waals surface area contributed by atoms with Gasteiger partial charge in [0, 0.05) is 6.04 Å². The zero-order valence-corrected chi connectivity index (χ0v) is 8.80. The molecule has 0 heterocycles. The van der Waals surface area contributed by atoms with Crippen molar-refractivity contribution in [2.24, 2.45) is 0 Å². The first-order valence-corrected chi connectivity index (χ1v) is 5.04. The summed E-state index contributed by atoms with van der Waals surface area (Å²) in [4.78, 5) is 0. The molecule has 0 spiro atoms. The van der Waals surface area contributed by atoms with Gasteiger partial charge in [0.25, 0.3) is 0 Å². The Balaban J connectivity index is 2.60. The van der Waals surface area contributed by atoms with Gasteiger partial charge in [0.2, 0.25) is 0 Å². The van der Waals surface area contributed by atoms with Crippen LogP contribution in [-0.4, -0.2) is 6.54 Å². The molecule has 1 N–H and O–H groups in total. The van der Waals surface area contributed by atoms with E-state index in [9.17, 15) is 0 Å². The van der Waals surface area contributed by atoms with Gasteiger partial charge in [0.05, 0.1) is 0 Å². The Kier molecular flexibility index (Phi) is 3.97. The lowest BCUT2D eigenvalue weighted by atomic mass is 10.1. The highest BCUT2D eigenvalue weighted by molar-refractivity contribution is 5.24. The number of hydrogen-bond acceptors (Lipinski definition) is 1. The number of aryl methyl sites for hydroxylation is 1. The summed E-state index contributed by atoms with van der Waals surface area (Å²) in [5, 5.41) is 3.48. The molecule has 1 nitrogen and oxygen atoms in total. The van der Waals surface area contributed by atoms with Crippen LogP contribution in [-0.2, 0) is 0 Å². The molecule has 0 bridgehead atoms. The van der Waals surface area contributed by atoms with E-state index in [-0.39, 0.29) is 0 Å². The molecule has 0 radical (unpaired) electrons. The minimum Gasteiger partial charge on any atom is -0.310 e. The molecule has 0 aromatic heterocycles. The smallest absolute Gasteiger partial charge is 0.0291 e. The van der Waals surface area contributed by atoms with Gasteiger partial charge in [-0.2, -0.15) is 0 Å².